The number of methoxy groups -OCH3 is 1. The fourth-order valence-corrected chi connectivity index (χ4v) is 1.93. The van der Waals surface area contributed by atoms with Gasteiger partial charge < -0.3 is 18.5 Å². The van der Waals surface area contributed by atoms with Gasteiger partial charge in [0.1, 0.15) is 5.75 Å². The lowest BCUT2D eigenvalue weighted by Gasteiger charge is -2.03. The van der Waals surface area contributed by atoms with Crippen molar-refractivity contribution in [1.29, 1.82) is 0 Å². The van der Waals surface area contributed by atoms with Crippen LogP contribution >= 0.6 is 0 Å². The molecule has 3 rings (SSSR count). The number of hydrogen-bond acceptors (Lipinski definition) is 8. The van der Waals surface area contributed by atoms with Crippen LogP contribution < -0.4 is 4.74 Å². The molecular formula is C15H16N4O4. The fourth-order valence-electron chi connectivity index (χ4n) is 1.93. The molecule has 0 saturated carbocycles. The monoisotopic (exact) mass is 316 g/mol. The van der Waals surface area contributed by atoms with Gasteiger partial charge in [-0.1, -0.05) is 22.4 Å². The average molecular weight is 316 g/mol. The van der Waals surface area contributed by atoms with Crippen molar-refractivity contribution in [2.75, 3.05) is 13.7 Å². The lowest BCUT2D eigenvalue weighted by Crippen LogP contribution is -1.98. The Morgan fingerprint density at radius 3 is 2.83 bits per heavy atom. The maximum absolute atomic E-state index is 5.67. The van der Waals surface area contributed by atoms with E-state index in [1.54, 1.807) is 14.0 Å². The minimum Gasteiger partial charge on any atom is -0.484 e. The Kier molecular flexibility index (Phi) is 4.62. The van der Waals surface area contributed by atoms with Crippen LogP contribution in [0.4, 0.5) is 0 Å². The number of benzene rings is 1. The standard InChI is InChI=1S/C15H16N4O4/c1-10-16-15(19-22-10)11-4-3-5-12(8-11)21-9-14-17-13(18-23-14)6-7-20-2/h3-5,8H,6-7,9H2,1-2H3. The summed E-state index contributed by atoms with van der Waals surface area (Å²) in [6.07, 6.45) is 0.604. The van der Waals surface area contributed by atoms with Crippen molar-refractivity contribution < 1.29 is 18.5 Å². The van der Waals surface area contributed by atoms with E-state index in [0.717, 1.165) is 5.56 Å². The van der Waals surface area contributed by atoms with Crippen molar-refractivity contribution >= 4 is 0 Å². The summed E-state index contributed by atoms with van der Waals surface area (Å²) in [7, 11) is 1.63. The van der Waals surface area contributed by atoms with E-state index in [1.807, 2.05) is 24.3 Å². The maximum Gasteiger partial charge on any atom is 0.264 e. The third-order valence-electron chi connectivity index (χ3n) is 3.02. The molecule has 0 saturated heterocycles. The van der Waals surface area contributed by atoms with Gasteiger partial charge in [0.15, 0.2) is 12.4 Å². The molecule has 0 spiro atoms. The van der Waals surface area contributed by atoms with E-state index in [0.29, 0.717) is 42.2 Å². The smallest absolute Gasteiger partial charge is 0.264 e. The summed E-state index contributed by atoms with van der Waals surface area (Å²) in [5.74, 6) is 2.70. The van der Waals surface area contributed by atoms with Gasteiger partial charge in [-0.3, -0.25) is 0 Å². The van der Waals surface area contributed by atoms with Crippen LogP contribution in [0.1, 0.15) is 17.6 Å². The highest BCUT2D eigenvalue weighted by molar-refractivity contribution is 5.56. The SMILES string of the molecule is COCCc1noc(COc2cccc(-c3noc(C)n3)c2)n1. The largest absolute Gasteiger partial charge is 0.484 e. The molecule has 0 amide bonds. The molecule has 23 heavy (non-hydrogen) atoms. The van der Waals surface area contributed by atoms with E-state index in [4.69, 9.17) is 18.5 Å². The second kappa shape index (κ2) is 7.01. The van der Waals surface area contributed by atoms with Crippen LogP contribution in [0.5, 0.6) is 5.75 Å². The van der Waals surface area contributed by atoms with E-state index in [-0.39, 0.29) is 6.61 Å². The lowest BCUT2D eigenvalue weighted by molar-refractivity contribution is 0.199. The molecule has 2 heterocycles. The quantitative estimate of drug-likeness (QED) is 0.654. The molecule has 0 N–H and O–H groups in total. The normalized spacial score (nSPS) is 10.9. The molecule has 3 aromatic rings. The zero-order valence-electron chi connectivity index (χ0n) is 12.9. The lowest BCUT2D eigenvalue weighted by atomic mass is 10.2. The summed E-state index contributed by atoms with van der Waals surface area (Å²) < 4.78 is 20.7. The second-order valence-corrected chi connectivity index (χ2v) is 4.80. The summed E-state index contributed by atoms with van der Waals surface area (Å²) in [5.41, 5.74) is 0.811. The van der Waals surface area contributed by atoms with Gasteiger partial charge in [0.05, 0.1) is 6.61 Å². The van der Waals surface area contributed by atoms with Crippen LogP contribution in [0.25, 0.3) is 11.4 Å². The summed E-state index contributed by atoms with van der Waals surface area (Å²) in [5, 5.41) is 7.74. The average Bonchev–Trinajstić information content (AvgIpc) is 3.20. The van der Waals surface area contributed by atoms with Crippen LogP contribution in [0.3, 0.4) is 0 Å². The Bertz CT molecular complexity index is 768. The third kappa shape index (κ3) is 3.92. The van der Waals surface area contributed by atoms with Crippen LogP contribution in [-0.4, -0.2) is 34.0 Å². The predicted octanol–water partition coefficient (Wildman–Crippen LogP) is 2.20. The molecule has 120 valence electrons. The number of aromatic nitrogens is 4. The minimum absolute atomic E-state index is 0.189. The molecule has 0 unspecified atom stereocenters. The number of rotatable bonds is 7. The van der Waals surface area contributed by atoms with E-state index in [2.05, 4.69) is 20.3 Å². The minimum atomic E-state index is 0.189. The van der Waals surface area contributed by atoms with Crippen LogP contribution in [-0.2, 0) is 17.8 Å². The van der Waals surface area contributed by atoms with Crippen LogP contribution in [0, 0.1) is 6.92 Å². The highest BCUT2D eigenvalue weighted by atomic mass is 16.5. The first kappa shape index (κ1) is 15.2. The molecule has 0 fully saturated rings. The zero-order chi connectivity index (χ0) is 16.1. The summed E-state index contributed by atoms with van der Waals surface area (Å²) in [6.45, 7) is 2.48. The Morgan fingerprint density at radius 2 is 2.04 bits per heavy atom. The molecule has 0 atom stereocenters. The van der Waals surface area contributed by atoms with Crippen molar-refractivity contribution in [3.05, 3.63) is 41.9 Å². The number of ether oxygens (including phenoxy) is 2. The van der Waals surface area contributed by atoms with Crippen molar-refractivity contribution in [2.45, 2.75) is 20.0 Å². The van der Waals surface area contributed by atoms with E-state index < -0.39 is 0 Å². The van der Waals surface area contributed by atoms with Gasteiger partial charge >= 0.3 is 0 Å². The molecule has 8 nitrogen and oxygen atoms in total. The number of nitrogens with zero attached hydrogens (tertiary/aromatic N) is 4. The van der Waals surface area contributed by atoms with Gasteiger partial charge in [0.25, 0.3) is 5.89 Å². The van der Waals surface area contributed by atoms with E-state index in [1.165, 1.54) is 0 Å². The molecule has 0 aliphatic carbocycles. The van der Waals surface area contributed by atoms with Crippen molar-refractivity contribution in [3.8, 4) is 17.1 Å². The van der Waals surface area contributed by atoms with Crippen molar-refractivity contribution in [1.82, 2.24) is 20.3 Å². The summed E-state index contributed by atoms with van der Waals surface area (Å²) >= 11 is 0. The summed E-state index contributed by atoms with van der Waals surface area (Å²) in [4.78, 5) is 8.41. The Labute approximate surface area is 132 Å². The Hall–Kier alpha value is -2.74. The van der Waals surface area contributed by atoms with E-state index >= 15 is 0 Å². The molecule has 0 aliphatic heterocycles. The highest BCUT2D eigenvalue weighted by Gasteiger charge is 2.09. The van der Waals surface area contributed by atoms with E-state index in [9.17, 15) is 0 Å². The fraction of sp³-hybridized carbons (Fsp3) is 0.333. The highest BCUT2D eigenvalue weighted by Crippen LogP contribution is 2.22. The van der Waals surface area contributed by atoms with Gasteiger partial charge in [-0.15, -0.1) is 0 Å². The first-order valence-electron chi connectivity index (χ1n) is 7.08. The Morgan fingerprint density at radius 1 is 1.13 bits per heavy atom. The molecule has 1 aromatic carbocycles. The van der Waals surface area contributed by atoms with Crippen molar-refractivity contribution in [2.24, 2.45) is 0 Å². The van der Waals surface area contributed by atoms with Gasteiger partial charge in [-0.2, -0.15) is 9.97 Å². The molecule has 0 aliphatic rings. The topological polar surface area (TPSA) is 96.3 Å². The van der Waals surface area contributed by atoms with Crippen molar-refractivity contribution in [3.63, 3.8) is 0 Å². The predicted molar refractivity (Wildman–Crippen MR) is 78.7 cm³/mol. The second-order valence-electron chi connectivity index (χ2n) is 4.80. The van der Waals surface area contributed by atoms with Gasteiger partial charge in [0.2, 0.25) is 11.7 Å². The van der Waals surface area contributed by atoms with Gasteiger partial charge in [-0.05, 0) is 12.1 Å². The summed E-state index contributed by atoms with van der Waals surface area (Å²) in [6, 6.07) is 7.39. The first-order valence-corrected chi connectivity index (χ1v) is 7.08. The van der Waals surface area contributed by atoms with Gasteiger partial charge in [-0.25, -0.2) is 0 Å². The first-order chi connectivity index (χ1) is 11.2. The molecule has 0 radical (unpaired) electrons. The van der Waals surface area contributed by atoms with Crippen LogP contribution in [0.2, 0.25) is 0 Å². The molecule has 0 bridgehead atoms. The van der Waals surface area contributed by atoms with Gasteiger partial charge in [0, 0.05) is 26.0 Å². The zero-order valence-corrected chi connectivity index (χ0v) is 12.9. The molecule has 2 aromatic heterocycles. The molecular weight excluding hydrogens is 300 g/mol. The number of aryl methyl sites for hydroxylation is 1. The molecule has 8 heteroatoms. The maximum atomic E-state index is 5.67. The number of hydrogen-bond donors (Lipinski definition) is 0. The van der Waals surface area contributed by atoms with Crippen LogP contribution in [0.15, 0.2) is 33.3 Å². The Balaban J connectivity index is 1.63. The third-order valence-corrected chi connectivity index (χ3v) is 3.02.